The first kappa shape index (κ1) is 13.0. The van der Waals surface area contributed by atoms with Crippen molar-refractivity contribution in [1.29, 1.82) is 0 Å². The van der Waals surface area contributed by atoms with Gasteiger partial charge in [0.25, 0.3) is 6.01 Å². The molecule has 0 amide bonds. The van der Waals surface area contributed by atoms with Gasteiger partial charge in [0.2, 0.25) is 0 Å². The fourth-order valence-electron chi connectivity index (χ4n) is 3.09. The third-order valence-corrected chi connectivity index (χ3v) is 4.55. The van der Waals surface area contributed by atoms with Gasteiger partial charge in [-0.2, -0.15) is 4.98 Å². The summed E-state index contributed by atoms with van der Waals surface area (Å²) in [6.45, 7) is 3.18. The number of rotatable bonds is 5. The third kappa shape index (κ3) is 3.11. The van der Waals surface area contributed by atoms with Crippen LogP contribution < -0.4 is 10.2 Å². The molecule has 4 nitrogen and oxygen atoms in total. The number of nitrogens with one attached hydrogen (secondary N) is 1. The quantitative estimate of drug-likeness (QED) is 0.887. The highest BCUT2D eigenvalue weighted by atomic mass is 16.4. The molecular formula is C15H25N3O. The van der Waals surface area contributed by atoms with Crippen molar-refractivity contribution in [3.05, 3.63) is 12.0 Å². The molecule has 4 heteroatoms. The summed E-state index contributed by atoms with van der Waals surface area (Å²) in [6, 6.07) is 2.08. The van der Waals surface area contributed by atoms with Crippen LogP contribution in [0.2, 0.25) is 0 Å². The van der Waals surface area contributed by atoms with E-state index in [9.17, 15) is 0 Å². The minimum absolute atomic E-state index is 0.580. The Morgan fingerprint density at radius 2 is 2.11 bits per heavy atom. The van der Waals surface area contributed by atoms with E-state index in [-0.39, 0.29) is 0 Å². The van der Waals surface area contributed by atoms with Crippen LogP contribution in [0.5, 0.6) is 0 Å². The van der Waals surface area contributed by atoms with Crippen molar-refractivity contribution in [3.63, 3.8) is 0 Å². The van der Waals surface area contributed by atoms with Gasteiger partial charge < -0.3 is 14.6 Å². The zero-order valence-corrected chi connectivity index (χ0v) is 12.1. The molecule has 1 aromatic heterocycles. The Labute approximate surface area is 115 Å². The molecule has 1 N–H and O–H groups in total. The molecule has 0 aliphatic heterocycles. The number of hydrogen-bond donors (Lipinski definition) is 1. The standard InChI is InChI=1S/C15H25N3O/c1-11-5-3-4-6-14(11)18(2)15-17-13(10-19-15)9-16-12-7-8-12/h10-12,14,16H,3-9H2,1-2H3. The van der Waals surface area contributed by atoms with E-state index in [0.29, 0.717) is 6.04 Å². The van der Waals surface area contributed by atoms with E-state index in [1.165, 1.54) is 38.5 Å². The molecule has 3 rings (SSSR count). The first-order chi connectivity index (χ1) is 9.24. The second-order valence-electron chi connectivity index (χ2n) is 6.22. The Balaban J connectivity index is 1.60. The fourth-order valence-corrected chi connectivity index (χ4v) is 3.09. The number of oxazole rings is 1. The molecule has 2 unspecified atom stereocenters. The number of aromatic nitrogens is 1. The Kier molecular flexibility index (Phi) is 3.78. The van der Waals surface area contributed by atoms with E-state index < -0.39 is 0 Å². The van der Waals surface area contributed by atoms with Gasteiger partial charge >= 0.3 is 0 Å². The van der Waals surface area contributed by atoms with Gasteiger partial charge in [0.15, 0.2) is 0 Å². The average molecular weight is 263 g/mol. The monoisotopic (exact) mass is 263 g/mol. The van der Waals surface area contributed by atoms with Crippen molar-refractivity contribution in [2.24, 2.45) is 5.92 Å². The normalized spacial score (nSPS) is 27.5. The van der Waals surface area contributed by atoms with Crippen LogP contribution in [0.4, 0.5) is 6.01 Å². The highest BCUT2D eigenvalue weighted by Crippen LogP contribution is 2.30. The Morgan fingerprint density at radius 3 is 2.84 bits per heavy atom. The molecule has 2 fully saturated rings. The lowest BCUT2D eigenvalue weighted by Crippen LogP contribution is -2.39. The van der Waals surface area contributed by atoms with Crippen LogP contribution in [-0.2, 0) is 6.54 Å². The van der Waals surface area contributed by atoms with E-state index >= 15 is 0 Å². The lowest BCUT2D eigenvalue weighted by atomic mass is 9.85. The summed E-state index contributed by atoms with van der Waals surface area (Å²) in [5, 5.41) is 3.47. The van der Waals surface area contributed by atoms with Crippen molar-refractivity contribution in [2.75, 3.05) is 11.9 Å². The predicted octanol–water partition coefficient (Wildman–Crippen LogP) is 2.94. The molecule has 0 aromatic carbocycles. The maximum atomic E-state index is 5.66. The Morgan fingerprint density at radius 1 is 1.32 bits per heavy atom. The average Bonchev–Trinajstić information content (AvgIpc) is 3.13. The van der Waals surface area contributed by atoms with Gasteiger partial charge in [-0.3, -0.25) is 0 Å². The van der Waals surface area contributed by atoms with Crippen LogP contribution in [0, 0.1) is 5.92 Å². The molecule has 0 spiro atoms. The summed E-state index contributed by atoms with van der Waals surface area (Å²) in [4.78, 5) is 6.86. The first-order valence-electron chi connectivity index (χ1n) is 7.64. The zero-order chi connectivity index (χ0) is 13.2. The van der Waals surface area contributed by atoms with Crippen molar-refractivity contribution in [2.45, 2.75) is 64.1 Å². The fraction of sp³-hybridized carbons (Fsp3) is 0.800. The van der Waals surface area contributed by atoms with Gasteiger partial charge in [0, 0.05) is 25.7 Å². The van der Waals surface area contributed by atoms with Crippen LogP contribution in [0.1, 0.15) is 51.1 Å². The van der Waals surface area contributed by atoms with Gasteiger partial charge in [-0.1, -0.05) is 19.8 Å². The minimum atomic E-state index is 0.580. The van der Waals surface area contributed by atoms with Crippen LogP contribution in [-0.4, -0.2) is 24.1 Å². The van der Waals surface area contributed by atoms with E-state index in [1.54, 1.807) is 6.26 Å². The second kappa shape index (κ2) is 5.53. The molecule has 0 radical (unpaired) electrons. The van der Waals surface area contributed by atoms with Crippen molar-refractivity contribution >= 4 is 6.01 Å². The largest absolute Gasteiger partial charge is 0.432 e. The second-order valence-corrected chi connectivity index (χ2v) is 6.22. The zero-order valence-electron chi connectivity index (χ0n) is 12.1. The smallest absolute Gasteiger partial charge is 0.297 e. The third-order valence-electron chi connectivity index (χ3n) is 4.55. The number of hydrogen-bond acceptors (Lipinski definition) is 4. The maximum Gasteiger partial charge on any atom is 0.297 e. The molecule has 0 bridgehead atoms. The van der Waals surface area contributed by atoms with E-state index in [2.05, 4.69) is 29.2 Å². The SMILES string of the molecule is CC1CCCCC1N(C)c1nc(CNC2CC2)co1. The van der Waals surface area contributed by atoms with Gasteiger partial charge in [-0.25, -0.2) is 0 Å². The molecule has 2 aliphatic carbocycles. The summed E-state index contributed by atoms with van der Waals surface area (Å²) in [6.07, 6.45) is 9.70. The summed E-state index contributed by atoms with van der Waals surface area (Å²) in [5.74, 6) is 0.735. The molecule has 2 aliphatic rings. The van der Waals surface area contributed by atoms with Crippen molar-refractivity contribution < 1.29 is 4.42 Å². The van der Waals surface area contributed by atoms with Gasteiger partial charge in [-0.05, 0) is 31.6 Å². The summed E-state index contributed by atoms with van der Waals surface area (Å²) in [7, 11) is 2.12. The molecule has 2 atom stereocenters. The van der Waals surface area contributed by atoms with E-state index in [0.717, 1.165) is 30.2 Å². The number of nitrogens with zero attached hydrogens (tertiary/aromatic N) is 2. The maximum absolute atomic E-state index is 5.66. The molecule has 0 saturated heterocycles. The van der Waals surface area contributed by atoms with Crippen LogP contribution >= 0.6 is 0 Å². The molecule has 1 aromatic rings. The van der Waals surface area contributed by atoms with Gasteiger partial charge in [0.05, 0.1) is 5.69 Å². The summed E-state index contributed by atoms with van der Waals surface area (Å²) in [5.41, 5.74) is 1.03. The number of anilines is 1. The lowest BCUT2D eigenvalue weighted by molar-refractivity contribution is 0.311. The summed E-state index contributed by atoms with van der Waals surface area (Å²) >= 11 is 0. The molecule has 106 valence electrons. The molecule has 1 heterocycles. The summed E-state index contributed by atoms with van der Waals surface area (Å²) < 4.78 is 5.66. The van der Waals surface area contributed by atoms with Crippen LogP contribution in [0.15, 0.2) is 10.7 Å². The Bertz CT molecular complexity index is 413. The highest BCUT2D eigenvalue weighted by molar-refractivity contribution is 5.28. The molecular weight excluding hydrogens is 238 g/mol. The van der Waals surface area contributed by atoms with E-state index in [1.807, 2.05) is 0 Å². The lowest BCUT2D eigenvalue weighted by Gasteiger charge is -2.35. The van der Waals surface area contributed by atoms with Crippen molar-refractivity contribution in [1.82, 2.24) is 10.3 Å². The van der Waals surface area contributed by atoms with E-state index in [4.69, 9.17) is 4.42 Å². The van der Waals surface area contributed by atoms with Crippen LogP contribution in [0.25, 0.3) is 0 Å². The van der Waals surface area contributed by atoms with Gasteiger partial charge in [0.1, 0.15) is 6.26 Å². The predicted molar refractivity (Wildman–Crippen MR) is 76.2 cm³/mol. The van der Waals surface area contributed by atoms with Crippen LogP contribution in [0.3, 0.4) is 0 Å². The first-order valence-corrected chi connectivity index (χ1v) is 7.64. The highest BCUT2D eigenvalue weighted by Gasteiger charge is 2.27. The minimum Gasteiger partial charge on any atom is -0.432 e. The topological polar surface area (TPSA) is 41.3 Å². The van der Waals surface area contributed by atoms with Gasteiger partial charge in [-0.15, -0.1) is 0 Å². The molecule has 19 heavy (non-hydrogen) atoms. The Hall–Kier alpha value is -1.03. The van der Waals surface area contributed by atoms with Crippen molar-refractivity contribution in [3.8, 4) is 0 Å². The molecule has 2 saturated carbocycles.